The van der Waals surface area contributed by atoms with Crippen molar-refractivity contribution in [1.82, 2.24) is 9.62 Å². The van der Waals surface area contributed by atoms with Gasteiger partial charge in [-0.2, -0.15) is 4.31 Å². The van der Waals surface area contributed by atoms with Crippen LogP contribution in [0.15, 0.2) is 92.7 Å². The molecule has 0 spiro atoms. The Hall–Kier alpha value is -2.00. The van der Waals surface area contributed by atoms with Gasteiger partial charge in [-0.05, 0) is 71.4 Å². The van der Waals surface area contributed by atoms with E-state index in [0.717, 1.165) is 11.1 Å². The van der Waals surface area contributed by atoms with Crippen LogP contribution < -0.4 is 5.32 Å². The Morgan fingerprint density at radius 2 is 1.57 bits per heavy atom. The fraction of sp³-hybridized carbons (Fsp3) is 0.296. The molecule has 1 N–H and O–H groups in total. The first-order valence-corrected chi connectivity index (χ1v) is 14.6. The molecule has 1 heterocycles. The van der Waals surface area contributed by atoms with Crippen LogP contribution in [0.5, 0.6) is 0 Å². The number of rotatable bonds is 7. The highest BCUT2D eigenvalue weighted by Crippen LogP contribution is 2.32. The van der Waals surface area contributed by atoms with Crippen molar-refractivity contribution in [2.45, 2.75) is 36.6 Å². The van der Waals surface area contributed by atoms with E-state index >= 15 is 0 Å². The third-order valence-electron chi connectivity index (χ3n) is 6.55. The zero-order valence-corrected chi connectivity index (χ0v) is 23.4. The molecule has 0 aromatic heterocycles. The van der Waals surface area contributed by atoms with Gasteiger partial charge in [-0.3, -0.25) is 4.79 Å². The fourth-order valence-electron chi connectivity index (χ4n) is 4.57. The van der Waals surface area contributed by atoms with E-state index in [2.05, 4.69) is 56.2 Å². The van der Waals surface area contributed by atoms with Crippen molar-refractivity contribution in [3.63, 3.8) is 0 Å². The monoisotopic (exact) mass is 618 g/mol. The summed E-state index contributed by atoms with van der Waals surface area (Å²) in [5.74, 6) is -0.279. The van der Waals surface area contributed by atoms with E-state index in [0.29, 0.717) is 41.3 Å². The second-order valence-electron chi connectivity index (χ2n) is 9.10. The minimum atomic E-state index is -3.66. The minimum absolute atomic E-state index is 0.0343. The van der Waals surface area contributed by atoms with E-state index < -0.39 is 15.6 Å². The van der Waals surface area contributed by atoms with Gasteiger partial charge in [0.2, 0.25) is 15.9 Å². The highest BCUT2D eigenvalue weighted by atomic mass is 79.9. The number of sulfonamides is 1. The van der Waals surface area contributed by atoms with Crippen LogP contribution in [-0.4, -0.2) is 31.7 Å². The second kappa shape index (κ2) is 10.9. The summed E-state index contributed by atoms with van der Waals surface area (Å²) >= 11 is 6.71. The zero-order chi connectivity index (χ0) is 25.1. The van der Waals surface area contributed by atoms with Crippen molar-refractivity contribution in [3.05, 3.63) is 98.9 Å². The van der Waals surface area contributed by atoms with Gasteiger partial charge in [0.15, 0.2) is 0 Å². The lowest BCUT2D eigenvalue weighted by atomic mass is 9.84. The molecule has 1 fully saturated rings. The first-order chi connectivity index (χ1) is 16.7. The van der Waals surface area contributed by atoms with E-state index in [1.54, 1.807) is 18.2 Å². The number of carbonyl (C=O) groups is 1. The quantitative estimate of drug-likeness (QED) is 0.359. The molecular formula is C27H28Br2N2O3S. The second-order valence-corrected chi connectivity index (χ2v) is 12.8. The maximum absolute atomic E-state index is 13.4. The van der Waals surface area contributed by atoms with Crippen LogP contribution in [0.2, 0.25) is 0 Å². The number of hydrogen-bond acceptors (Lipinski definition) is 3. The van der Waals surface area contributed by atoms with Gasteiger partial charge in [0.25, 0.3) is 0 Å². The number of hydrogen-bond donors (Lipinski definition) is 1. The molecule has 0 saturated carbocycles. The standard InChI is InChI=1S/C27H28Br2N2O3S/c1-27(22-10-6-3-7-11-22,19-20-8-4-2-5-9-20)30-26(32)21-14-16-31(17-15-21)35(33,34)25-18-23(28)12-13-24(25)29/h2-13,18,21H,14-17,19H2,1H3,(H,30,32). The number of amides is 1. The van der Waals surface area contributed by atoms with Crippen LogP contribution in [0.4, 0.5) is 0 Å². The third kappa shape index (κ3) is 6.05. The average Bonchev–Trinajstić information content (AvgIpc) is 2.86. The van der Waals surface area contributed by atoms with Gasteiger partial charge in [-0.15, -0.1) is 0 Å². The topological polar surface area (TPSA) is 66.5 Å². The van der Waals surface area contributed by atoms with Crippen LogP contribution >= 0.6 is 31.9 Å². The maximum atomic E-state index is 13.4. The van der Waals surface area contributed by atoms with Crippen LogP contribution in [0.1, 0.15) is 30.9 Å². The number of nitrogens with one attached hydrogen (secondary N) is 1. The molecule has 1 saturated heterocycles. The molecule has 8 heteroatoms. The number of halogens is 2. The van der Waals surface area contributed by atoms with E-state index in [9.17, 15) is 13.2 Å². The molecule has 0 radical (unpaired) electrons. The van der Waals surface area contributed by atoms with Crippen LogP contribution in [0.3, 0.4) is 0 Å². The maximum Gasteiger partial charge on any atom is 0.244 e. The molecule has 0 aliphatic carbocycles. The molecule has 1 atom stereocenters. The molecule has 3 aromatic rings. The first-order valence-electron chi connectivity index (χ1n) is 11.6. The highest BCUT2D eigenvalue weighted by Gasteiger charge is 2.36. The van der Waals surface area contributed by atoms with Crippen molar-refractivity contribution in [1.29, 1.82) is 0 Å². The Kier molecular flexibility index (Phi) is 8.16. The average molecular weight is 620 g/mol. The summed E-state index contributed by atoms with van der Waals surface area (Å²) in [6.45, 7) is 2.66. The Morgan fingerprint density at radius 1 is 0.971 bits per heavy atom. The number of piperidine rings is 1. The van der Waals surface area contributed by atoms with Gasteiger partial charge >= 0.3 is 0 Å². The first kappa shape index (κ1) is 26.1. The Bertz CT molecular complexity index is 1280. The summed E-state index contributed by atoms with van der Waals surface area (Å²) < 4.78 is 29.2. The lowest BCUT2D eigenvalue weighted by Crippen LogP contribution is -2.50. The van der Waals surface area contributed by atoms with E-state index in [4.69, 9.17) is 0 Å². The molecule has 1 amide bonds. The normalized spacial score (nSPS) is 17.0. The van der Waals surface area contributed by atoms with Crippen molar-refractivity contribution < 1.29 is 13.2 Å². The molecule has 1 aliphatic heterocycles. The molecule has 3 aromatic carbocycles. The minimum Gasteiger partial charge on any atom is -0.346 e. The Labute approximate surface area is 224 Å². The highest BCUT2D eigenvalue weighted by molar-refractivity contribution is 9.11. The summed E-state index contributed by atoms with van der Waals surface area (Å²) in [6, 6.07) is 25.2. The largest absolute Gasteiger partial charge is 0.346 e. The Morgan fingerprint density at radius 3 is 2.20 bits per heavy atom. The lowest BCUT2D eigenvalue weighted by molar-refractivity contribution is -0.128. The summed E-state index contributed by atoms with van der Waals surface area (Å²) in [7, 11) is -3.66. The molecule has 5 nitrogen and oxygen atoms in total. The molecule has 1 unspecified atom stereocenters. The van der Waals surface area contributed by atoms with Crippen LogP contribution in [0, 0.1) is 5.92 Å². The van der Waals surface area contributed by atoms with Gasteiger partial charge in [0, 0.05) is 28.0 Å². The fourth-order valence-corrected chi connectivity index (χ4v) is 7.51. The van der Waals surface area contributed by atoms with Crippen molar-refractivity contribution in [3.8, 4) is 0 Å². The van der Waals surface area contributed by atoms with Crippen molar-refractivity contribution in [2.24, 2.45) is 5.92 Å². The number of carbonyl (C=O) groups excluding carboxylic acids is 1. The van der Waals surface area contributed by atoms with Gasteiger partial charge in [-0.25, -0.2) is 8.42 Å². The van der Waals surface area contributed by atoms with Crippen molar-refractivity contribution >= 4 is 47.8 Å². The molecule has 35 heavy (non-hydrogen) atoms. The summed E-state index contributed by atoms with van der Waals surface area (Å²) in [5, 5.41) is 3.31. The molecule has 1 aliphatic rings. The van der Waals surface area contributed by atoms with E-state index in [1.807, 2.05) is 48.5 Å². The van der Waals surface area contributed by atoms with Gasteiger partial charge < -0.3 is 5.32 Å². The predicted molar refractivity (Wildman–Crippen MR) is 145 cm³/mol. The zero-order valence-electron chi connectivity index (χ0n) is 19.5. The van der Waals surface area contributed by atoms with Gasteiger partial charge in [0.05, 0.1) is 10.4 Å². The van der Waals surface area contributed by atoms with Gasteiger partial charge in [-0.1, -0.05) is 76.6 Å². The van der Waals surface area contributed by atoms with Gasteiger partial charge in [0.1, 0.15) is 0 Å². The van der Waals surface area contributed by atoms with Crippen LogP contribution in [-0.2, 0) is 26.8 Å². The van der Waals surface area contributed by atoms with E-state index in [1.165, 1.54) is 4.31 Å². The smallest absolute Gasteiger partial charge is 0.244 e. The third-order valence-corrected chi connectivity index (χ3v) is 9.93. The van der Waals surface area contributed by atoms with E-state index in [-0.39, 0.29) is 16.7 Å². The Balaban J connectivity index is 1.47. The summed E-state index contributed by atoms with van der Waals surface area (Å²) in [5.41, 5.74) is 1.60. The summed E-state index contributed by atoms with van der Waals surface area (Å²) in [6.07, 6.45) is 1.62. The molecule has 184 valence electrons. The summed E-state index contributed by atoms with van der Waals surface area (Å²) in [4.78, 5) is 13.6. The predicted octanol–water partition coefficient (Wildman–Crippen LogP) is 5.89. The number of benzene rings is 3. The molecule has 4 rings (SSSR count). The van der Waals surface area contributed by atoms with Crippen molar-refractivity contribution in [2.75, 3.05) is 13.1 Å². The molecular weight excluding hydrogens is 592 g/mol. The lowest BCUT2D eigenvalue weighted by Gasteiger charge is -2.36. The van der Waals surface area contributed by atoms with Crippen LogP contribution in [0.25, 0.3) is 0 Å². The SMILES string of the molecule is CC(Cc1ccccc1)(NC(=O)C1CCN(S(=O)(=O)c2cc(Br)ccc2Br)CC1)c1ccccc1. The molecule has 0 bridgehead atoms. The number of nitrogens with zero attached hydrogens (tertiary/aromatic N) is 1.